The molecule has 0 saturated carbocycles. The summed E-state index contributed by atoms with van der Waals surface area (Å²) >= 11 is 0.999. The third-order valence-electron chi connectivity index (χ3n) is 3.29. The van der Waals surface area contributed by atoms with E-state index in [0.29, 0.717) is 5.76 Å². The maximum atomic E-state index is 12.1. The van der Waals surface area contributed by atoms with E-state index in [2.05, 4.69) is 20.6 Å². The minimum Gasteiger partial charge on any atom is -0.467 e. The van der Waals surface area contributed by atoms with Crippen LogP contribution in [0.3, 0.4) is 0 Å². The molecular weight excluding hydrogens is 374 g/mol. The van der Waals surface area contributed by atoms with E-state index in [0.717, 1.165) is 11.8 Å². The minimum atomic E-state index is -0.638. The van der Waals surface area contributed by atoms with Crippen molar-refractivity contribution in [3.8, 4) is 0 Å². The number of aromatic amines is 1. The number of hydrogen-bond donors (Lipinski definition) is 4. The number of furan rings is 2. The number of nitrogens with zero attached hydrogens (tertiary/aromatic N) is 1. The van der Waals surface area contributed by atoms with Crippen LogP contribution in [0.25, 0.3) is 0 Å². The first-order valence-electron chi connectivity index (χ1n) is 7.69. The first-order valence-corrected chi connectivity index (χ1v) is 8.68. The lowest BCUT2D eigenvalue weighted by Crippen LogP contribution is -2.25. The van der Waals surface area contributed by atoms with Crippen molar-refractivity contribution in [3.05, 3.63) is 58.7 Å². The van der Waals surface area contributed by atoms with E-state index >= 15 is 0 Å². The van der Waals surface area contributed by atoms with Crippen LogP contribution in [-0.4, -0.2) is 27.5 Å². The quantitative estimate of drug-likeness (QED) is 0.347. The van der Waals surface area contributed by atoms with Gasteiger partial charge in [0.05, 0.1) is 24.8 Å². The molecule has 0 fully saturated rings. The van der Waals surface area contributed by atoms with Crippen molar-refractivity contribution in [1.29, 1.82) is 0 Å². The summed E-state index contributed by atoms with van der Waals surface area (Å²) in [6, 6.07) is 6.44. The Balaban J connectivity index is 1.58. The number of nitrogens with one attached hydrogen (secondary N) is 3. The van der Waals surface area contributed by atoms with Gasteiger partial charge in [-0.15, -0.1) is 0 Å². The number of hydrogen-bond acceptors (Lipinski definition) is 8. The molecule has 0 spiro atoms. The maximum absolute atomic E-state index is 12.1. The molecule has 3 aromatic heterocycles. The Hall–Kier alpha value is -3.47. The summed E-state index contributed by atoms with van der Waals surface area (Å²) in [5.41, 5.74) is 4.92. The Bertz CT molecular complexity index is 981. The highest BCUT2D eigenvalue weighted by Gasteiger charge is 2.16. The lowest BCUT2D eigenvalue weighted by Gasteiger charge is -2.07. The van der Waals surface area contributed by atoms with Gasteiger partial charge in [-0.3, -0.25) is 19.4 Å². The number of nitrogen functional groups attached to an aromatic ring is 1. The molecule has 0 aliphatic rings. The number of H-pyrrole nitrogens is 1. The summed E-state index contributed by atoms with van der Waals surface area (Å²) in [6.07, 6.45) is 2.84. The lowest BCUT2D eigenvalue weighted by molar-refractivity contribution is -0.118. The molecule has 3 aromatic rings. The van der Waals surface area contributed by atoms with Gasteiger partial charge in [-0.05, 0) is 24.3 Å². The van der Waals surface area contributed by atoms with Crippen LogP contribution in [0.15, 0.2) is 55.6 Å². The Morgan fingerprint density at radius 1 is 1.22 bits per heavy atom. The third kappa shape index (κ3) is 4.79. The zero-order chi connectivity index (χ0) is 19.2. The fourth-order valence-corrected chi connectivity index (χ4v) is 2.72. The standard InChI is InChI=1S/C16H15N5O5S/c17-13-12(19-14(23)10-4-2-6-26-10)15(24)21-16(20-13)27-8-11(22)18-7-9-3-1-5-25-9/h1-6H,7-8H2,(H,18,22)(H,19,23)(H3,17,20,21,24). The summed E-state index contributed by atoms with van der Waals surface area (Å²) in [6.45, 7) is 0.260. The number of carbonyl (C=O) groups excluding carboxylic acids is 2. The summed E-state index contributed by atoms with van der Waals surface area (Å²) in [5.74, 6) is -0.399. The van der Waals surface area contributed by atoms with E-state index in [1.165, 1.54) is 24.7 Å². The fraction of sp³-hybridized carbons (Fsp3) is 0.125. The number of carbonyl (C=O) groups is 2. The molecule has 0 radical (unpaired) electrons. The molecule has 0 unspecified atom stereocenters. The normalized spacial score (nSPS) is 10.5. The Morgan fingerprint density at radius 2 is 2.00 bits per heavy atom. The average Bonchev–Trinajstić information content (AvgIpc) is 3.34. The highest BCUT2D eigenvalue weighted by atomic mass is 32.2. The zero-order valence-electron chi connectivity index (χ0n) is 13.9. The summed E-state index contributed by atoms with van der Waals surface area (Å²) in [5, 5.41) is 5.17. The fourth-order valence-electron chi connectivity index (χ4n) is 2.03. The van der Waals surface area contributed by atoms with Crippen LogP contribution in [0.4, 0.5) is 11.5 Å². The van der Waals surface area contributed by atoms with E-state index in [1.54, 1.807) is 12.1 Å². The number of aromatic nitrogens is 2. The van der Waals surface area contributed by atoms with Crippen molar-refractivity contribution in [2.24, 2.45) is 0 Å². The van der Waals surface area contributed by atoms with Gasteiger partial charge in [-0.2, -0.15) is 0 Å². The van der Waals surface area contributed by atoms with E-state index in [4.69, 9.17) is 14.6 Å². The lowest BCUT2D eigenvalue weighted by atomic mass is 10.4. The number of thioether (sulfide) groups is 1. The Morgan fingerprint density at radius 3 is 2.67 bits per heavy atom. The van der Waals surface area contributed by atoms with E-state index < -0.39 is 11.5 Å². The number of nitrogens with two attached hydrogens (primary N) is 1. The van der Waals surface area contributed by atoms with E-state index in [1.807, 2.05) is 0 Å². The smallest absolute Gasteiger partial charge is 0.291 e. The van der Waals surface area contributed by atoms with Gasteiger partial charge in [0.15, 0.2) is 22.4 Å². The Labute approximate surface area is 156 Å². The molecule has 0 saturated heterocycles. The average molecular weight is 389 g/mol. The third-order valence-corrected chi connectivity index (χ3v) is 4.16. The van der Waals surface area contributed by atoms with E-state index in [-0.39, 0.29) is 40.6 Å². The van der Waals surface area contributed by atoms with Crippen LogP contribution < -0.4 is 21.9 Å². The number of amides is 2. The van der Waals surface area contributed by atoms with Crippen molar-refractivity contribution in [2.45, 2.75) is 11.7 Å². The predicted molar refractivity (Wildman–Crippen MR) is 97.2 cm³/mol. The van der Waals surface area contributed by atoms with Gasteiger partial charge in [0.1, 0.15) is 5.76 Å². The van der Waals surface area contributed by atoms with Crippen LogP contribution in [0.2, 0.25) is 0 Å². The molecule has 3 rings (SSSR count). The molecule has 10 nitrogen and oxygen atoms in total. The molecular formula is C16H15N5O5S. The first kappa shape index (κ1) is 18.3. The molecule has 140 valence electrons. The molecule has 11 heteroatoms. The molecule has 27 heavy (non-hydrogen) atoms. The van der Waals surface area contributed by atoms with E-state index in [9.17, 15) is 14.4 Å². The summed E-state index contributed by atoms with van der Waals surface area (Å²) < 4.78 is 10.1. The molecule has 0 bridgehead atoms. The highest BCUT2D eigenvalue weighted by molar-refractivity contribution is 7.99. The van der Waals surface area contributed by atoms with Gasteiger partial charge in [0, 0.05) is 0 Å². The zero-order valence-corrected chi connectivity index (χ0v) is 14.7. The second kappa shape index (κ2) is 8.27. The van der Waals surface area contributed by atoms with Crippen molar-refractivity contribution in [3.63, 3.8) is 0 Å². The van der Waals surface area contributed by atoms with Gasteiger partial charge >= 0.3 is 0 Å². The van der Waals surface area contributed by atoms with Crippen molar-refractivity contribution in [1.82, 2.24) is 15.3 Å². The maximum Gasteiger partial charge on any atom is 0.291 e. The molecule has 5 N–H and O–H groups in total. The topological polar surface area (TPSA) is 156 Å². The van der Waals surface area contributed by atoms with Crippen LogP contribution in [0.5, 0.6) is 0 Å². The number of anilines is 2. The predicted octanol–water partition coefficient (Wildman–Crippen LogP) is 1.20. The van der Waals surface area contributed by atoms with Gasteiger partial charge in [0.2, 0.25) is 5.91 Å². The SMILES string of the molecule is Nc1nc(SCC(=O)NCc2ccco2)[nH]c(=O)c1NC(=O)c1ccco1. The second-order valence-electron chi connectivity index (χ2n) is 5.21. The molecule has 0 aliphatic carbocycles. The Kier molecular flexibility index (Phi) is 5.61. The molecule has 0 aromatic carbocycles. The molecule has 3 heterocycles. The van der Waals surface area contributed by atoms with Gasteiger partial charge in [0.25, 0.3) is 11.5 Å². The molecule has 0 aliphatic heterocycles. The minimum absolute atomic E-state index is 0.0151. The largest absolute Gasteiger partial charge is 0.467 e. The van der Waals surface area contributed by atoms with Crippen molar-refractivity contribution < 1.29 is 18.4 Å². The molecule has 2 amide bonds. The molecule has 0 atom stereocenters. The van der Waals surface area contributed by atoms with Crippen LogP contribution in [0.1, 0.15) is 16.3 Å². The van der Waals surface area contributed by atoms with Crippen molar-refractivity contribution >= 4 is 35.1 Å². The van der Waals surface area contributed by atoms with Crippen LogP contribution in [0, 0.1) is 0 Å². The number of rotatable bonds is 7. The first-order chi connectivity index (χ1) is 13.0. The van der Waals surface area contributed by atoms with Crippen molar-refractivity contribution in [2.75, 3.05) is 16.8 Å². The summed E-state index contributed by atoms with van der Waals surface area (Å²) in [7, 11) is 0. The highest BCUT2D eigenvalue weighted by Crippen LogP contribution is 2.17. The van der Waals surface area contributed by atoms with Gasteiger partial charge in [-0.1, -0.05) is 11.8 Å². The van der Waals surface area contributed by atoms with Crippen LogP contribution in [-0.2, 0) is 11.3 Å². The second-order valence-corrected chi connectivity index (χ2v) is 6.17. The van der Waals surface area contributed by atoms with Gasteiger partial charge < -0.3 is 25.2 Å². The van der Waals surface area contributed by atoms with Gasteiger partial charge in [-0.25, -0.2) is 4.98 Å². The monoisotopic (exact) mass is 389 g/mol. The summed E-state index contributed by atoms with van der Waals surface area (Å²) in [4.78, 5) is 42.4. The van der Waals surface area contributed by atoms with Crippen LogP contribution >= 0.6 is 11.8 Å².